The predicted octanol–water partition coefficient (Wildman–Crippen LogP) is 4.38. The second kappa shape index (κ2) is 11.6. The van der Waals surface area contributed by atoms with E-state index in [9.17, 15) is 23.6 Å². The zero-order valence-electron chi connectivity index (χ0n) is 23.7. The highest BCUT2D eigenvalue weighted by atomic mass is 19.1. The van der Waals surface area contributed by atoms with Gasteiger partial charge >= 0.3 is 0 Å². The second-order valence-electron chi connectivity index (χ2n) is 11.7. The molecule has 3 fully saturated rings. The third-order valence-corrected chi connectivity index (χ3v) is 8.75. The van der Waals surface area contributed by atoms with Crippen LogP contribution in [-0.2, 0) is 4.79 Å². The van der Waals surface area contributed by atoms with Gasteiger partial charge in [0.15, 0.2) is 11.6 Å². The Kier molecular flexibility index (Phi) is 8.16. The number of carbonyl (C=O) groups is 2. The fourth-order valence-corrected chi connectivity index (χ4v) is 6.45. The standard InChI is InChI=1S/C29H35BF2N6O3/c1-4-38(19(2)3)27(39)22-11-20(31)5-6-24(22)41-25-14-34-18-35-26(25)37-15-29(16-37)7-9-36(10-8-29)28(40)23-12-21(32)13-30(23)17-33/h5-6,11,14,18-19,21,23H,4,7-10,12-13,15-16H2,1-3H3/t21-,23?/m1/s1. The van der Waals surface area contributed by atoms with Gasteiger partial charge in [0.25, 0.3) is 12.6 Å². The molecule has 0 N–H and O–H groups in total. The topological polar surface area (TPSA) is 103 Å². The number of benzene rings is 1. The normalized spacial score (nSPS) is 21.5. The Labute approximate surface area is 239 Å². The number of nitrogens with zero attached hydrogens (tertiary/aromatic N) is 6. The van der Waals surface area contributed by atoms with E-state index in [0.717, 1.165) is 12.8 Å². The molecule has 2 amide bonds. The summed E-state index contributed by atoms with van der Waals surface area (Å²) >= 11 is 0. The van der Waals surface area contributed by atoms with Gasteiger partial charge in [-0.1, -0.05) is 0 Å². The number of hydrogen-bond acceptors (Lipinski definition) is 7. The molecule has 0 bridgehead atoms. The van der Waals surface area contributed by atoms with Crippen molar-refractivity contribution in [3.8, 4) is 17.5 Å². The second-order valence-corrected chi connectivity index (χ2v) is 11.7. The van der Waals surface area contributed by atoms with Crippen molar-refractivity contribution in [2.24, 2.45) is 5.41 Å². The number of amides is 2. The lowest BCUT2D eigenvalue weighted by Gasteiger charge is -2.54. The number of carbonyl (C=O) groups excluding carboxylic acids is 2. The van der Waals surface area contributed by atoms with Crippen molar-refractivity contribution in [3.63, 3.8) is 0 Å². The Morgan fingerprint density at radius 3 is 2.66 bits per heavy atom. The van der Waals surface area contributed by atoms with E-state index < -0.39 is 24.5 Å². The van der Waals surface area contributed by atoms with Crippen LogP contribution in [0.3, 0.4) is 0 Å². The monoisotopic (exact) mass is 564 g/mol. The van der Waals surface area contributed by atoms with Crippen LogP contribution >= 0.6 is 0 Å². The lowest BCUT2D eigenvalue weighted by molar-refractivity contribution is -0.134. The van der Waals surface area contributed by atoms with E-state index in [-0.39, 0.29) is 47.3 Å². The van der Waals surface area contributed by atoms with Gasteiger partial charge in [-0.15, -0.1) is 0 Å². The molecule has 1 aromatic carbocycles. The van der Waals surface area contributed by atoms with Crippen molar-refractivity contribution >= 4 is 24.3 Å². The van der Waals surface area contributed by atoms with Gasteiger partial charge in [0.1, 0.15) is 17.9 Å². The molecule has 4 heterocycles. The van der Waals surface area contributed by atoms with Gasteiger partial charge in [0, 0.05) is 56.0 Å². The maximum absolute atomic E-state index is 14.2. The molecular weight excluding hydrogens is 529 g/mol. The van der Waals surface area contributed by atoms with E-state index in [4.69, 9.17) is 4.74 Å². The van der Waals surface area contributed by atoms with Gasteiger partial charge in [0.2, 0.25) is 5.91 Å². The minimum atomic E-state index is -1.08. The molecule has 3 aliphatic rings. The number of alkyl halides is 1. The minimum absolute atomic E-state index is 0.0157. The van der Waals surface area contributed by atoms with Gasteiger partial charge in [-0.3, -0.25) is 9.59 Å². The highest BCUT2D eigenvalue weighted by Crippen LogP contribution is 2.46. The zero-order valence-corrected chi connectivity index (χ0v) is 23.7. The van der Waals surface area contributed by atoms with E-state index in [2.05, 4.69) is 20.8 Å². The molecule has 0 radical (unpaired) electrons. The number of ether oxygens (including phenoxy) is 1. The van der Waals surface area contributed by atoms with Crippen LogP contribution < -0.4 is 9.64 Å². The molecule has 12 heteroatoms. The third-order valence-electron chi connectivity index (χ3n) is 8.75. The molecule has 0 aliphatic carbocycles. The maximum atomic E-state index is 14.2. The summed E-state index contributed by atoms with van der Waals surface area (Å²) in [5.41, 5.74) is 0.148. The summed E-state index contributed by atoms with van der Waals surface area (Å²) in [5.74, 6) is 1.81. The summed E-state index contributed by atoms with van der Waals surface area (Å²) in [4.78, 5) is 40.4. The van der Waals surface area contributed by atoms with Crippen molar-refractivity contribution in [2.45, 2.75) is 64.4 Å². The maximum Gasteiger partial charge on any atom is 0.283 e. The number of anilines is 1. The van der Waals surface area contributed by atoms with E-state index >= 15 is 0 Å². The predicted molar refractivity (Wildman–Crippen MR) is 150 cm³/mol. The summed E-state index contributed by atoms with van der Waals surface area (Å²) in [6.07, 6.45) is 3.78. The Bertz CT molecular complexity index is 1340. The zero-order chi connectivity index (χ0) is 29.3. The van der Waals surface area contributed by atoms with Crippen molar-refractivity contribution < 1.29 is 23.1 Å². The number of halogens is 2. The molecule has 1 spiro atoms. The molecule has 0 saturated carbocycles. The van der Waals surface area contributed by atoms with E-state index in [1.54, 1.807) is 9.80 Å². The quantitative estimate of drug-likeness (QED) is 0.460. The Morgan fingerprint density at radius 2 is 2.00 bits per heavy atom. The highest BCUT2D eigenvalue weighted by Gasteiger charge is 2.49. The van der Waals surface area contributed by atoms with Crippen LogP contribution in [-0.4, -0.2) is 83.2 Å². The van der Waals surface area contributed by atoms with Gasteiger partial charge in [-0.2, -0.15) is 0 Å². The first-order valence-corrected chi connectivity index (χ1v) is 14.3. The first-order valence-electron chi connectivity index (χ1n) is 14.3. The van der Waals surface area contributed by atoms with Crippen molar-refractivity contribution in [1.82, 2.24) is 19.8 Å². The van der Waals surface area contributed by atoms with Crippen molar-refractivity contribution in [1.29, 1.82) is 5.26 Å². The molecule has 3 aliphatic heterocycles. The number of hydrogen-bond donors (Lipinski definition) is 0. The molecule has 2 atom stereocenters. The number of nitriles is 1. The van der Waals surface area contributed by atoms with E-state index in [1.807, 2.05) is 20.8 Å². The molecular formula is C29H35BF2N6O3. The Hall–Kier alpha value is -3.75. The number of likely N-dealkylation sites (tertiary alicyclic amines) is 1. The van der Waals surface area contributed by atoms with Crippen LogP contribution in [0, 0.1) is 22.5 Å². The van der Waals surface area contributed by atoms with Gasteiger partial charge in [0.05, 0.1) is 17.9 Å². The first-order chi connectivity index (χ1) is 19.6. The van der Waals surface area contributed by atoms with Crippen molar-refractivity contribution in [2.75, 3.05) is 37.6 Å². The summed E-state index contributed by atoms with van der Waals surface area (Å²) in [5, 5.41) is 9.35. The SMILES string of the molecule is CCN(C(=O)c1cc(F)ccc1Oc1cncnc1N1CC2(CCN(C(=O)C3C[C@@H](F)CB3C#N)CC2)C1)C(C)C. The first kappa shape index (κ1) is 28.8. The fraction of sp³-hybridized carbons (Fsp3) is 0.552. The summed E-state index contributed by atoms with van der Waals surface area (Å²) in [6.45, 7) is 8.20. The third kappa shape index (κ3) is 5.72. The minimum Gasteiger partial charge on any atom is -0.451 e. The highest BCUT2D eigenvalue weighted by molar-refractivity contribution is 6.72. The molecule has 2 aromatic rings. The molecule has 9 nitrogen and oxygen atoms in total. The van der Waals surface area contributed by atoms with E-state index in [1.165, 1.54) is 30.7 Å². The Balaban J connectivity index is 1.25. The van der Waals surface area contributed by atoms with Crippen LogP contribution in [0.5, 0.6) is 11.5 Å². The van der Waals surface area contributed by atoms with Gasteiger partial charge < -0.3 is 19.4 Å². The lowest BCUT2D eigenvalue weighted by Crippen LogP contribution is -2.61. The molecule has 1 unspecified atom stereocenters. The van der Waals surface area contributed by atoms with Crippen LogP contribution in [0.15, 0.2) is 30.7 Å². The van der Waals surface area contributed by atoms with Crippen molar-refractivity contribution in [3.05, 3.63) is 42.1 Å². The lowest BCUT2D eigenvalue weighted by atomic mass is 9.43. The number of rotatable bonds is 7. The van der Waals surface area contributed by atoms with Crippen LogP contribution in [0.25, 0.3) is 0 Å². The number of aromatic nitrogens is 2. The van der Waals surface area contributed by atoms with Crippen LogP contribution in [0.4, 0.5) is 14.6 Å². The molecule has 41 heavy (non-hydrogen) atoms. The van der Waals surface area contributed by atoms with Gasteiger partial charge in [-0.05, 0) is 64.6 Å². The largest absolute Gasteiger partial charge is 0.451 e. The molecule has 216 valence electrons. The number of piperidine rings is 1. The van der Waals surface area contributed by atoms with Crippen LogP contribution in [0.2, 0.25) is 12.1 Å². The average Bonchev–Trinajstić information content (AvgIpc) is 3.33. The molecule has 3 saturated heterocycles. The summed E-state index contributed by atoms with van der Waals surface area (Å²) in [7, 11) is 0. The molecule has 5 rings (SSSR count). The average molecular weight is 564 g/mol. The summed E-state index contributed by atoms with van der Waals surface area (Å²) < 4.78 is 34.2. The summed E-state index contributed by atoms with van der Waals surface area (Å²) in [6, 6.07) is 3.83. The smallest absolute Gasteiger partial charge is 0.283 e. The fourth-order valence-electron chi connectivity index (χ4n) is 6.45. The van der Waals surface area contributed by atoms with Gasteiger partial charge in [-0.25, -0.2) is 24.0 Å². The van der Waals surface area contributed by atoms with E-state index in [0.29, 0.717) is 44.3 Å². The molecule has 1 aromatic heterocycles. The Morgan fingerprint density at radius 1 is 1.27 bits per heavy atom. The van der Waals surface area contributed by atoms with Crippen LogP contribution in [0.1, 0.15) is 50.4 Å².